The van der Waals surface area contributed by atoms with E-state index < -0.39 is 10.0 Å². The van der Waals surface area contributed by atoms with Crippen LogP contribution in [0.25, 0.3) is 0 Å². The number of hydrogen-bond acceptors (Lipinski definition) is 3. The van der Waals surface area contributed by atoms with E-state index in [1.165, 1.54) is 10.5 Å². The number of rotatable bonds is 5. The molecule has 0 radical (unpaired) electrons. The molecule has 0 spiro atoms. The second kappa shape index (κ2) is 4.57. The first-order valence-corrected chi connectivity index (χ1v) is 6.53. The number of aromatic nitrogens is 1. The van der Waals surface area contributed by atoms with Crippen LogP contribution in [0.4, 0.5) is 0 Å². The van der Waals surface area contributed by atoms with Crippen molar-refractivity contribution in [1.29, 1.82) is 0 Å². The van der Waals surface area contributed by atoms with Gasteiger partial charge in [-0.2, -0.15) is 0 Å². The van der Waals surface area contributed by atoms with E-state index in [1.54, 1.807) is 19.3 Å². The molecule has 92 valence electrons. The summed E-state index contributed by atoms with van der Waals surface area (Å²) < 4.78 is 25.4. The molecule has 0 saturated carbocycles. The Morgan fingerprint density at radius 3 is 2.56 bits per heavy atom. The lowest BCUT2D eigenvalue weighted by Gasteiger charge is -2.28. The van der Waals surface area contributed by atoms with Gasteiger partial charge in [-0.05, 0) is 18.0 Å². The molecule has 5 nitrogen and oxygen atoms in total. The first-order valence-electron chi connectivity index (χ1n) is 5.09. The van der Waals surface area contributed by atoms with E-state index in [-0.39, 0.29) is 10.3 Å². The van der Waals surface area contributed by atoms with Gasteiger partial charge in [-0.3, -0.25) is 0 Å². The SMILES string of the molecule is CN(CC(C)(C)CN)S(=O)(=O)c1cc[nH]c1. The van der Waals surface area contributed by atoms with Crippen molar-refractivity contribution < 1.29 is 8.42 Å². The highest BCUT2D eigenvalue weighted by atomic mass is 32.2. The van der Waals surface area contributed by atoms with E-state index in [4.69, 9.17) is 5.73 Å². The molecular weight excluding hydrogens is 226 g/mol. The van der Waals surface area contributed by atoms with Crippen LogP contribution in [-0.4, -0.2) is 37.8 Å². The highest BCUT2D eigenvalue weighted by Gasteiger charge is 2.27. The molecule has 0 amide bonds. The van der Waals surface area contributed by atoms with Crippen molar-refractivity contribution in [2.24, 2.45) is 11.1 Å². The molecule has 0 aliphatic carbocycles. The minimum Gasteiger partial charge on any atom is -0.366 e. The topological polar surface area (TPSA) is 79.2 Å². The van der Waals surface area contributed by atoms with Crippen molar-refractivity contribution in [2.75, 3.05) is 20.1 Å². The van der Waals surface area contributed by atoms with Crippen molar-refractivity contribution in [3.05, 3.63) is 18.5 Å². The molecule has 16 heavy (non-hydrogen) atoms. The van der Waals surface area contributed by atoms with Crippen LogP contribution in [0.3, 0.4) is 0 Å². The van der Waals surface area contributed by atoms with Crippen LogP contribution in [0.1, 0.15) is 13.8 Å². The fraction of sp³-hybridized carbons (Fsp3) is 0.600. The molecule has 0 aliphatic rings. The van der Waals surface area contributed by atoms with Crippen LogP contribution < -0.4 is 5.73 Å². The Hall–Kier alpha value is -0.850. The van der Waals surface area contributed by atoms with Crippen molar-refractivity contribution >= 4 is 10.0 Å². The molecule has 1 aromatic heterocycles. The van der Waals surface area contributed by atoms with E-state index in [9.17, 15) is 8.42 Å². The van der Waals surface area contributed by atoms with Crippen LogP contribution in [0.5, 0.6) is 0 Å². The Morgan fingerprint density at radius 2 is 2.12 bits per heavy atom. The Kier molecular flexibility index (Phi) is 3.77. The molecule has 0 atom stereocenters. The van der Waals surface area contributed by atoms with Crippen LogP contribution >= 0.6 is 0 Å². The fourth-order valence-electron chi connectivity index (χ4n) is 1.40. The third kappa shape index (κ3) is 2.84. The zero-order valence-corrected chi connectivity index (χ0v) is 10.7. The van der Waals surface area contributed by atoms with Gasteiger partial charge in [0.05, 0.1) is 4.90 Å². The van der Waals surface area contributed by atoms with Gasteiger partial charge in [0.15, 0.2) is 0 Å². The van der Waals surface area contributed by atoms with Crippen molar-refractivity contribution in [1.82, 2.24) is 9.29 Å². The monoisotopic (exact) mass is 245 g/mol. The van der Waals surface area contributed by atoms with Gasteiger partial charge in [-0.15, -0.1) is 0 Å². The Balaban J connectivity index is 2.86. The van der Waals surface area contributed by atoms with E-state index in [0.29, 0.717) is 13.1 Å². The third-order valence-corrected chi connectivity index (χ3v) is 4.28. The second-order valence-electron chi connectivity index (χ2n) is 4.68. The molecule has 0 unspecified atom stereocenters. The molecule has 6 heteroatoms. The molecule has 1 rings (SSSR count). The van der Waals surface area contributed by atoms with Crippen LogP contribution in [-0.2, 0) is 10.0 Å². The largest absolute Gasteiger partial charge is 0.366 e. The number of hydrogen-bond donors (Lipinski definition) is 2. The van der Waals surface area contributed by atoms with Gasteiger partial charge >= 0.3 is 0 Å². The summed E-state index contributed by atoms with van der Waals surface area (Å²) in [6.45, 7) is 4.73. The first kappa shape index (κ1) is 13.2. The van der Waals surface area contributed by atoms with E-state index in [2.05, 4.69) is 4.98 Å². The number of nitrogens with one attached hydrogen (secondary N) is 1. The molecule has 0 saturated heterocycles. The summed E-state index contributed by atoms with van der Waals surface area (Å²) in [5, 5.41) is 0. The highest BCUT2D eigenvalue weighted by molar-refractivity contribution is 7.89. The summed E-state index contributed by atoms with van der Waals surface area (Å²) in [4.78, 5) is 3.02. The molecule has 0 aliphatic heterocycles. The maximum atomic E-state index is 12.1. The van der Waals surface area contributed by atoms with Crippen LogP contribution in [0.2, 0.25) is 0 Å². The van der Waals surface area contributed by atoms with Gasteiger partial charge in [0, 0.05) is 26.0 Å². The Morgan fingerprint density at radius 1 is 1.50 bits per heavy atom. The standard InChI is InChI=1S/C10H19N3O2S/c1-10(2,7-11)8-13(3)16(14,15)9-4-5-12-6-9/h4-6,12H,7-8,11H2,1-3H3. The summed E-state index contributed by atoms with van der Waals surface area (Å²) in [7, 11) is -1.82. The quantitative estimate of drug-likeness (QED) is 0.798. The lowest BCUT2D eigenvalue weighted by molar-refractivity contribution is 0.292. The average Bonchev–Trinajstić information content (AvgIpc) is 2.70. The van der Waals surface area contributed by atoms with Gasteiger partial charge in [-0.1, -0.05) is 13.8 Å². The lowest BCUT2D eigenvalue weighted by atomic mass is 9.94. The Bertz CT molecular complexity index is 423. The van der Waals surface area contributed by atoms with E-state index in [1.807, 2.05) is 13.8 Å². The van der Waals surface area contributed by atoms with Gasteiger partial charge in [0.2, 0.25) is 10.0 Å². The molecule has 3 N–H and O–H groups in total. The maximum Gasteiger partial charge on any atom is 0.244 e. The first-order chi connectivity index (χ1) is 7.29. The minimum atomic E-state index is -3.39. The molecule has 0 fully saturated rings. The predicted octanol–water partition coefficient (Wildman–Crippen LogP) is 0.620. The molecule has 1 aromatic rings. The minimum absolute atomic E-state index is 0.224. The van der Waals surface area contributed by atoms with E-state index >= 15 is 0 Å². The lowest BCUT2D eigenvalue weighted by Crippen LogP contribution is -2.39. The second-order valence-corrected chi connectivity index (χ2v) is 6.72. The third-order valence-electron chi connectivity index (χ3n) is 2.48. The summed E-state index contributed by atoms with van der Waals surface area (Å²) >= 11 is 0. The fourth-order valence-corrected chi connectivity index (χ4v) is 2.74. The number of nitrogens with zero attached hydrogens (tertiary/aromatic N) is 1. The van der Waals surface area contributed by atoms with Crippen molar-refractivity contribution in [2.45, 2.75) is 18.7 Å². The molecule has 0 aromatic carbocycles. The number of aromatic amines is 1. The summed E-state index contributed by atoms with van der Waals surface area (Å²) in [5.41, 5.74) is 5.36. The summed E-state index contributed by atoms with van der Waals surface area (Å²) in [6.07, 6.45) is 3.07. The van der Waals surface area contributed by atoms with Crippen LogP contribution in [0, 0.1) is 5.41 Å². The highest BCUT2D eigenvalue weighted by Crippen LogP contribution is 2.19. The Labute approximate surface area is 96.7 Å². The summed E-state index contributed by atoms with van der Waals surface area (Å²) in [5.74, 6) is 0. The van der Waals surface area contributed by atoms with Crippen LogP contribution in [0.15, 0.2) is 23.4 Å². The predicted molar refractivity (Wildman–Crippen MR) is 63.4 cm³/mol. The van der Waals surface area contributed by atoms with Gasteiger partial charge in [0.25, 0.3) is 0 Å². The normalized spacial score (nSPS) is 13.3. The molecule has 0 bridgehead atoms. The number of nitrogens with two attached hydrogens (primary N) is 1. The van der Waals surface area contributed by atoms with Gasteiger partial charge in [-0.25, -0.2) is 12.7 Å². The zero-order chi connectivity index (χ0) is 12.4. The summed E-state index contributed by atoms with van der Waals surface area (Å²) in [6, 6.07) is 1.54. The van der Waals surface area contributed by atoms with Crippen molar-refractivity contribution in [3.8, 4) is 0 Å². The number of sulfonamides is 1. The molecule has 1 heterocycles. The average molecular weight is 245 g/mol. The molecular formula is C10H19N3O2S. The van der Waals surface area contributed by atoms with Gasteiger partial charge < -0.3 is 10.7 Å². The number of H-pyrrole nitrogens is 1. The van der Waals surface area contributed by atoms with Gasteiger partial charge in [0.1, 0.15) is 0 Å². The zero-order valence-electron chi connectivity index (χ0n) is 9.90. The maximum absolute atomic E-state index is 12.1. The van der Waals surface area contributed by atoms with Crippen molar-refractivity contribution in [3.63, 3.8) is 0 Å². The smallest absolute Gasteiger partial charge is 0.244 e. The van der Waals surface area contributed by atoms with E-state index in [0.717, 1.165) is 0 Å².